The summed E-state index contributed by atoms with van der Waals surface area (Å²) in [7, 11) is 4.55. The summed E-state index contributed by atoms with van der Waals surface area (Å²) in [4.78, 5) is 14.6. The second-order valence-corrected chi connectivity index (χ2v) is 6.25. The van der Waals surface area contributed by atoms with E-state index in [0.29, 0.717) is 29.5 Å². The number of nitrogens with zero attached hydrogens (tertiary/aromatic N) is 1. The summed E-state index contributed by atoms with van der Waals surface area (Å²) in [6.45, 7) is 0.609. The minimum absolute atomic E-state index is 0.150. The SMILES string of the molecule is COc1cc(NC(=O)N2CCC[C@H]2c2cccc(F)c2)cc(OC)c1OC. The number of carbonyl (C=O) groups excluding carboxylic acids is 1. The minimum Gasteiger partial charge on any atom is -0.493 e. The Balaban J connectivity index is 1.82. The molecule has 1 fully saturated rings. The highest BCUT2D eigenvalue weighted by molar-refractivity contribution is 5.90. The standard InChI is InChI=1S/C20H23FN2O4/c1-25-17-11-15(12-18(26-2)19(17)27-3)22-20(24)23-9-5-8-16(23)13-6-4-7-14(21)10-13/h4,6-7,10-12,16H,5,8-9H2,1-3H3,(H,22,24)/t16-/m0/s1. The monoisotopic (exact) mass is 374 g/mol. The van der Waals surface area contributed by atoms with Gasteiger partial charge in [-0.3, -0.25) is 0 Å². The first-order chi connectivity index (χ1) is 13.1. The largest absolute Gasteiger partial charge is 0.493 e. The zero-order valence-electron chi connectivity index (χ0n) is 15.6. The van der Waals surface area contributed by atoms with Gasteiger partial charge in [0.05, 0.1) is 33.1 Å². The molecule has 0 aliphatic carbocycles. The predicted molar refractivity (Wildman–Crippen MR) is 100 cm³/mol. The van der Waals surface area contributed by atoms with Crippen LogP contribution in [0.1, 0.15) is 24.4 Å². The number of hydrogen-bond donors (Lipinski definition) is 1. The molecule has 1 saturated heterocycles. The van der Waals surface area contributed by atoms with Gasteiger partial charge in [-0.05, 0) is 30.5 Å². The van der Waals surface area contributed by atoms with Crippen molar-refractivity contribution in [1.29, 1.82) is 0 Å². The Morgan fingerprint density at radius 3 is 2.41 bits per heavy atom. The van der Waals surface area contributed by atoms with E-state index in [2.05, 4.69) is 5.32 Å². The van der Waals surface area contributed by atoms with Gasteiger partial charge < -0.3 is 24.4 Å². The number of methoxy groups -OCH3 is 3. The van der Waals surface area contributed by atoms with Gasteiger partial charge in [-0.25, -0.2) is 9.18 Å². The number of carbonyl (C=O) groups is 1. The van der Waals surface area contributed by atoms with Crippen LogP contribution in [0.4, 0.5) is 14.9 Å². The fourth-order valence-electron chi connectivity index (χ4n) is 3.42. The van der Waals surface area contributed by atoms with Crippen molar-refractivity contribution in [1.82, 2.24) is 4.90 Å². The first-order valence-electron chi connectivity index (χ1n) is 8.70. The number of ether oxygens (including phenoxy) is 3. The highest BCUT2D eigenvalue weighted by atomic mass is 19.1. The number of amides is 2. The molecule has 1 heterocycles. The number of likely N-dealkylation sites (tertiary alicyclic amines) is 1. The molecule has 144 valence electrons. The number of urea groups is 1. The fourth-order valence-corrected chi connectivity index (χ4v) is 3.42. The van der Waals surface area contributed by atoms with Crippen LogP contribution in [0.2, 0.25) is 0 Å². The fraction of sp³-hybridized carbons (Fsp3) is 0.350. The number of halogens is 1. The summed E-state index contributed by atoms with van der Waals surface area (Å²) in [5.41, 5.74) is 1.33. The minimum atomic E-state index is -0.301. The van der Waals surface area contributed by atoms with Crippen molar-refractivity contribution in [3.63, 3.8) is 0 Å². The number of anilines is 1. The van der Waals surface area contributed by atoms with E-state index < -0.39 is 0 Å². The lowest BCUT2D eigenvalue weighted by atomic mass is 10.0. The molecule has 0 radical (unpaired) electrons. The molecule has 3 rings (SSSR count). The Kier molecular flexibility index (Phi) is 5.69. The smallest absolute Gasteiger partial charge is 0.322 e. The van der Waals surface area contributed by atoms with E-state index in [1.165, 1.54) is 33.5 Å². The van der Waals surface area contributed by atoms with Crippen molar-refractivity contribution in [2.45, 2.75) is 18.9 Å². The average Bonchev–Trinajstić information content (AvgIpc) is 3.17. The maximum Gasteiger partial charge on any atom is 0.322 e. The zero-order chi connectivity index (χ0) is 19.4. The Morgan fingerprint density at radius 1 is 1.11 bits per heavy atom. The molecule has 1 atom stereocenters. The van der Waals surface area contributed by atoms with Gasteiger partial charge in [0.2, 0.25) is 5.75 Å². The summed E-state index contributed by atoms with van der Waals surface area (Å²) < 4.78 is 29.5. The third-order valence-electron chi connectivity index (χ3n) is 4.66. The molecule has 2 aromatic carbocycles. The molecule has 1 aliphatic heterocycles. The maximum absolute atomic E-state index is 13.6. The normalized spacial score (nSPS) is 16.1. The van der Waals surface area contributed by atoms with Crippen molar-refractivity contribution >= 4 is 11.7 Å². The van der Waals surface area contributed by atoms with Crippen LogP contribution in [0, 0.1) is 5.82 Å². The van der Waals surface area contributed by atoms with Crippen LogP contribution in [0.15, 0.2) is 36.4 Å². The second kappa shape index (κ2) is 8.16. The molecule has 2 amide bonds. The molecule has 1 aliphatic rings. The second-order valence-electron chi connectivity index (χ2n) is 6.25. The van der Waals surface area contributed by atoms with Gasteiger partial charge >= 0.3 is 6.03 Å². The number of rotatable bonds is 5. The molecule has 0 spiro atoms. The van der Waals surface area contributed by atoms with Crippen LogP contribution in [-0.2, 0) is 0 Å². The van der Waals surface area contributed by atoms with Gasteiger partial charge in [-0.15, -0.1) is 0 Å². The highest BCUT2D eigenvalue weighted by Crippen LogP contribution is 2.40. The Bertz CT molecular complexity index is 802. The van der Waals surface area contributed by atoms with E-state index in [1.54, 1.807) is 23.1 Å². The zero-order valence-corrected chi connectivity index (χ0v) is 15.6. The van der Waals surface area contributed by atoms with E-state index >= 15 is 0 Å². The summed E-state index contributed by atoms with van der Waals surface area (Å²) in [6.07, 6.45) is 1.66. The highest BCUT2D eigenvalue weighted by Gasteiger charge is 2.30. The van der Waals surface area contributed by atoms with Crippen LogP contribution < -0.4 is 19.5 Å². The third-order valence-corrected chi connectivity index (χ3v) is 4.66. The van der Waals surface area contributed by atoms with Gasteiger partial charge in [0, 0.05) is 18.7 Å². The van der Waals surface area contributed by atoms with Crippen molar-refractivity contribution < 1.29 is 23.4 Å². The van der Waals surface area contributed by atoms with Crippen LogP contribution in [0.25, 0.3) is 0 Å². The topological polar surface area (TPSA) is 60.0 Å². The van der Waals surface area contributed by atoms with Crippen LogP contribution in [0.3, 0.4) is 0 Å². The predicted octanol–water partition coefficient (Wildman–Crippen LogP) is 4.22. The Morgan fingerprint density at radius 2 is 1.81 bits per heavy atom. The third kappa shape index (κ3) is 3.92. The molecule has 6 nitrogen and oxygen atoms in total. The summed E-state index contributed by atoms with van der Waals surface area (Å²) in [6, 6.07) is 9.34. The molecule has 1 N–H and O–H groups in total. The Hall–Kier alpha value is -2.96. The quantitative estimate of drug-likeness (QED) is 0.851. The summed E-state index contributed by atoms with van der Waals surface area (Å²) >= 11 is 0. The molecule has 27 heavy (non-hydrogen) atoms. The summed E-state index contributed by atoms with van der Waals surface area (Å²) in [5.74, 6) is 1.06. The molecule has 0 saturated carbocycles. The molecule has 0 aromatic heterocycles. The lowest BCUT2D eigenvalue weighted by molar-refractivity contribution is 0.207. The van der Waals surface area contributed by atoms with E-state index in [9.17, 15) is 9.18 Å². The van der Waals surface area contributed by atoms with Crippen LogP contribution in [-0.4, -0.2) is 38.8 Å². The van der Waals surface area contributed by atoms with Gasteiger partial charge in [0.15, 0.2) is 11.5 Å². The van der Waals surface area contributed by atoms with Crippen molar-refractivity contribution in [3.8, 4) is 17.2 Å². The average molecular weight is 374 g/mol. The van der Waals surface area contributed by atoms with Gasteiger partial charge in [0.1, 0.15) is 5.82 Å². The van der Waals surface area contributed by atoms with E-state index in [-0.39, 0.29) is 17.9 Å². The lowest BCUT2D eigenvalue weighted by Gasteiger charge is -2.25. The van der Waals surface area contributed by atoms with E-state index in [1.807, 2.05) is 6.07 Å². The molecule has 2 aromatic rings. The van der Waals surface area contributed by atoms with E-state index in [4.69, 9.17) is 14.2 Å². The van der Waals surface area contributed by atoms with Crippen molar-refractivity contribution in [2.75, 3.05) is 33.2 Å². The van der Waals surface area contributed by atoms with Crippen molar-refractivity contribution in [2.24, 2.45) is 0 Å². The molecule has 0 unspecified atom stereocenters. The molecular weight excluding hydrogens is 351 g/mol. The number of hydrogen-bond acceptors (Lipinski definition) is 4. The number of benzene rings is 2. The first-order valence-corrected chi connectivity index (χ1v) is 8.70. The lowest BCUT2D eigenvalue weighted by Crippen LogP contribution is -2.34. The molecule has 0 bridgehead atoms. The molecular formula is C20H23FN2O4. The van der Waals surface area contributed by atoms with Crippen LogP contribution in [0.5, 0.6) is 17.2 Å². The summed E-state index contributed by atoms with van der Waals surface area (Å²) in [5, 5.41) is 2.88. The Labute approximate surface area is 157 Å². The van der Waals surface area contributed by atoms with E-state index in [0.717, 1.165) is 18.4 Å². The van der Waals surface area contributed by atoms with Gasteiger partial charge in [-0.2, -0.15) is 0 Å². The van der Waals surface area contributed by atoms with Crippen molar-refractivity contribution in [3.05, 3.63) is 47.8 Å². The van der Waals surface area contributed by atoms with Gasteiger partial charge in [0.25, 0.3) is 0 Å². The van der Waals surface area contributed by atoms with Crippen LogP contribution >= 0.6 is 0 Å². The maximum atomic E-state index is 13.6. The number of nitrogens with one attached hydrogen (secondary N) is 1. The molecule has 7 heteroatoms. The van der Waals surface area contributed by atoms with Gasteiger partial charge in [-0.1, -0.05) is 12.1 Å². The first kappa shape index (κ1) is 18.8.